The number of rotatable bonds is 7. The third kappa shape index (κ3) is 6.29. The van der Waals surface area contributed by atoms with Gasteiger partial charge in [-0.1, -0.05) is 17.7 Å². The van der Waals surface area contributed by atoms with Gasteiger partial charge in [0.15, 0.2) is 6.61 Å². The van der Waals surface area contributed by atoms with Gasteiger partial charge in [-0.3, -0.25) is 9.59 Å². The molecule has 0 fully saturated rings. The summed E-state index contributed by atoms with van der Waals surface area (Å²) in [6.07, 6.45) is 0. The average molecular weight is 292 g/mol. The SMILES string of the molecule is CC(=O)N(CCNC(=O)COc1ccc(C)cc1)C(C)C. The lowest BCUT2D eigenvalue weighted by molar-refractivity contribution is -0.131. The summed E-state index contributed by atoms with van der Waals surface area (Å²) in [5.74, 6) is 0.487. The molecule has 0 aliphatic rings. The third-order valence-electron chi connectivity index (χ3n) is 3.09. The highest BCUT2D eigenvalue weighted by molar-refractivity contribution is 5.77. The van der Waals surface area contributed by atoms with Crippen LogP contribution >= 0.6 is 0 Å². The smallest absolute Gasteiger partial charge is 0.258 e. The largest absolute Gasteiger partial charge is 0.484 e. The molecule has 1 aromatic carbocycles. The number of carbonyl (C=O) groups is 2. The second kappa shape index (κ2) is 8.29. The Morgan fingerprint density at radius 1 is 1.24 bits per heavy atom. The quantitative estimate of drug-likeness (QED) is 0.833. The molecular formula is C16H24N2O3. The molecule has 0 saturated carbocycles. The average Bonchev–Trinajstić information content (AvgIpc) is 2.42. The number of hydrogen-bond acceptors (Lipinski definition) is 3. The minimum Gasteiger partial charge on any atom is -0.484 e. The zero-order chi connectivity index (χ0) is 15.8. The fourth-order valence-electron chi connectivity index (χ4n) is 1.93. The Bertz CT molecular complexity index is 469. The van der Waals surface area contributed by atoms with Gasteiger partial charge in [-0.2, -0.15) is 0 Å². The van der Waals surface area contributed by atoms with Crippen LogP contribution in [0, 0.1) is 6.92 Å². The Labute approximate surface area is 126 Å². The maximum atomic E-state index is 11.7. The van der Waals surface area contributed by atoms with Crippen molar-refractivity contribution in [3.8, 4) is 5.75 Å². The van der Waals surface area contributed by atoms with Crippen molar-refractivity contribution in [2.24, 2.45) is 0 Å². The van der Waals surface area contributed by atoms with E-state index in [1.165, 1.54) is 6.92 Å². The lowest BCUT2D eigenvalue weighted by atomic mass is 10.2. The molecule has 0 unspecified atom stereocenters. The summed E-state index contributed by atoms with van der Waals surface area (Å²) in [5.41, 5.74) is 1.14. The molecule has 0 bridgehead atoms. The topological polar surface area (TPSA) is 58.6 Å². The van der Waals surface area contributed by atoms with Gasteiger partial charge in [-0.25, -0.2) is 0 Å². The fraction of sp³-hybridized carbons (Fsp3) is 0.500. The fourth-order valence-corrected chi connectivity index (χ4v) is 1.93. The van der Waals surface area contributed by atoms with Crippen molar-refractivity contribution in [1.82, 2.24) is 10.2 Å². The highest BCUT2D eigenvalue weighted by atomic mass is 16.5. The molecule has 21 heavy (non-hydrogen) atoms. The second-order valence-electron chi connectivity index (χ2n) is 5.26. The van der Waals surface area contributed by atoms with Crippen LogP contribution in [0.2, 0.25) is 0 Å². The molecule has 0 aliphatic heterocycles. The number of nitrogens with one attached hydrogen (secondary N) is 1. The molecular weight excluding hydrogens is 268 g/mol. The normalized spacial score (nSPS) is 10.3. The number of amides is 2. The minimum absolute atomic E-state index is 0.00940. The lowest BCUT2D eigenvalue weighted by Crippen LogP contribution is -2.42. The molecule has 0 saturated heterocycles. The molecule has 0 aliphatic carbocycles. The minimum atomic E-state index is -0.192. The van der Waals surface area contributed by atoms with Crippen LogP contribution in [0.1, 0.15) is 26.3 Å². The molecule has 0 spiro atoms. The number of nitrogens with zero attached hydrogens (tertiary/aromatic N) is 1. The summed E-state index contributed by atoms with van der Waals surface area (Å²) in [4.78, 5) is 24.8. The Hall–Kier alpha value is -2.04. The van der Waals surface area contributed by atoms with E-state index in [1.807, 2.05) is 45.0 Å². The van der Waals surface area contributed by atoms with Crippen molar-refractivity contribution >= 4 is 11.8 Å². The maximum absolute atomic E-state index is 11.7. The Morgan fingerprint density at radius 2 is 1.86 bits per heavy atom. The zero-order valence-corrected chi connectivity index (χ0v) is 13.2. The molecule has 0 heterocycles. The number of hydrogen-bond donors (Lipinski definition) is 1. The van der Waals surface area contributed by atoms with Crippen LogP contribution in [0.4, 0.5) is 0 Å². The standard InChI is InChI=1S/C16H24N2O3/c1-12(2)18(14(4)19)10-9-17-16(20)11-21-15-7-5-13(3)6-8-15/h5-8,12H,9-11H2,1-4H3,(H,17,20). The molecule has 5 heteroatoms. The van der Waals surface area contributed by atoms with Crippen molar-refractivity contribution in [2.45, 2.75) is 33.7 Å². The highest BCUT2D eigenvalue weighted by Gasteiger charge is 2.12. The molecule has 116 valence electrons. The number of aryl methyl sites for hydroxylation is 1. The molecule has 2 amide bonds. The van der Waals surface area contributed by atoms with Crippen LogP contribution in [-0.4, -0.2) is 42.5 Å². The molecule has 1 rings (SSSR count). The van der Waals surface area contributed by atoms with Crippen molar-refractivity contribution in [1.29, 1.82) is 0 Å². The second-order valence-corrected chi connectivity index (χ2v) is 5.26. The Balaban J connectivity index is 2.28. The monoisotopic (exact) mass is 292 g/mol. The van der Waals surface area contributed by atoms with Gasteiger partial charge in [0.2, 0.25) is 5.91 Å². The first-order valence-electron chi connectivity index (χ1n) is 7.13. The number of benzene rings is 1. The molecule has 0 aromatic heterocycles. The van der Waals surface area contributed by atoms with Crippen LogP contribution in [-0.2, 0) is 9.59 Å². The lowest BCUT2D eigenvalue weighted by Gasteiger charge is -2.25. The van der Waals surface area contributed by atoms with Crippen LogP contribution in [0.5, 0.6) is 5.75 Å². The van der Waals surface area contributed by atoms with E-state index in [-0.39, 0.29) is 24.5 Å². The van der Waals surface area contributed by atoms with Gasteiger partial charge >= 0.3 is 0 Å². The van der Waals surface area contributed by atoms with Crippen LogP contribution in [0.25, 0.3) is 0 Å². The van der Waals surface area contributed by atoms with Crippen LogP contribution < -0.4 is 10.1 Å². The number of carbonyl (C=O) groups excluding carboxylic acids is 2. The van der Waals surface area contributed by atoms with Gasteiger partial charge in [0.25, 0.3) is 5.91 Å². The summed E-state index contributed by atoms with van der Waals surface area (Å²) in [7, 11) is 0. The first kappa shape index (κ1) is 17.0. The van der Waals surface area contributed by atoms with Gasteiger partial charge < -0.3 is 15.0 Å². The van der Waals surface area contributed by atoms with Crippen molar-refractivity contribution in [3.05, 3.63) is 29.8 Å². The van der Waals surface area contributed by atoms with Gasteiger partial charge in [0.1, 0.15) is 5.75 Å². The van der Waals surface area contributed by atoms with Gasteiger partial charge in [-0.05, 0) is 32.9 Å². The van der Waals surface area contributed by atoms with E-state index in [2.05, 4.69) is 5.32 Å². The molecule has 1 aromatic rings. The highest BCUT2D eigenvalue weighted by Crippen LogP contribution is 2.10. The van der Waals surface area contributed by atoms with Crippen LogP contribution in [0.3, 0.4) is 0 Å². The van der Waals surface area contributed by atoms with E-state index in [1.54, 1.807) is 4.90 Å². The van der Waals surface area contributed by atoms with Crippen molar-refractivity contribution < 1.29 is 14.3 Å². The molecule has 1 N–H and O–H groups in total. The van der Waals surface area contributed by atoms with Gasteiger partial charge in [0, 0.05) is 26.1 Å². The maximum Gasteiger partial charge on any atom is 0.258 e. The molecule has 0 radical (unpaired) electrons. The summed E-state index contributed by atoms with van der Waals surface area (Å²) in [5, 5.41) is 2.75. The van der Waals surface area contributed by atoms with E-state index in [9.17, 15) is 9.59 Å². The zero-order valence-electron chi connectivity index (χ0n) is 13.2. The van der Waals surface area contributed by atoms with Gasteiger partial charge in [0.05, 0.1) is 0 Å². The predicted molar refractivity (Wildman–Crippen MR) is 82.2 cm³/mol. The first-order valence-corrected chi connectivity index (χ1v) is 7.13. The van der Waals surface area contributed by atoms with Crippen molar-refractivity contribution in [3.63, 3.8) is 0 Å². The summed E-state index contributed by atoms with van der Waals surface area (Å²) >= 11 is 0. The van der Waals surface area contributed by atoms with E-state index < -0.39 is 0 Å². The van der Waals surface area contributed by atoms with Crippen molar-refractivity contribution in [2.75, 3.05) is 19.7 Å². The third-order valence-corrected chi connectivity index (χ3v) is 3.09. The predicted octanol–water partition coefficient (Wildman–Crippen LogP) is 1.75. The van der Waals surface area contributed by atoms with E-state index >= 15 is 0 Å². The van der Waals surface area contributed by atoms with E-state index in [0.29, 0.717) is 18.8 Å². The molecule has 5 nitrogen and oxygen atoms in total. The Morgan fingerprint density at radius 3 is 2.38 bits per heavy atom. The van der Waals surface area contributed by atoms with E-state index in [4.69, 9.17) is 4.74 Å². The molecule has 0 atom stereocenters. The van der Waals surface area contributed by atoms with E-state index in [0.717, 1.165) is 5.56 Å². The number of ether oxygens (including phenoxy) is 1. The summed E-state index contributed by atoms with van der Waals surface area (Å²) < 4.78 is 5.38. The Kier molecular flexibility index (Phi) is 6.72. The van der Waals surface area contributed by atoms with Crippen LogP contribution in [0.15, 0.2) is 24.3 Å². The summed E-state index contributed by atoms with van der Waals surface area (Å²) in [6.45, 7) is 8.32. The van der Waals surface area contributed by atoms with Gasteiger partial charge in [-0.15, -0.1) is 0 Å². The summed E-state index contributed by atoms with van der Waals surface area (Å²) in [6, 6.07) is 7.65. The first-order chi connectivity index (χ1) is 9.90.